The fourth-order valence-corrected chi connectivity index (χ4v) is 4.79. The molecule has 0 saturated carbocycles. The van der Waals surface area contributed by atoms with Crippen LogP contribution < -0.4 is 0 Å². The number of carbonyl (C=O) groups excluding carboxylic acids is 1. The van der Waals surface area contributed by atoms with Gasteiger partial charge >= 0.3 is 0 Å². The summed E-state index contributed by atoms with van der Waals surface area (Å²) in [6.07, 6.45) is 4.21. The Hall–Kier alpha value is -2.35. The number of imidazole rings is 1. The largest absolute Gasteiger partial charge is 0.337 e. The molecule has 4 rings (SSSR count). The number of nitrogens with zero attached hydrogens (tertiary/aromatic N) is 5. The van der Waals surface area contributed by atoms with E-state index in [0.717, 1.165) is 23.5 Å². The number of pyridine rings is 1. The van der Waals surface area contributed by atoms with E-state index in [4.69, 9.17) is 0 Å². The zero-order valence-corrected chi connectivity index (χ0v) is 16.9. The Morgan fingerprint density at radius 1 is 1.21 bits per heavy atom. The summed E-state index contributed by atoms with van der Waals surface area (Å²) in [6, 6.07) is 5.69. The molecule has 0 bridgehead atoms. The zero-order chi connectivity index (χ0) is 20.6. The van der Waals surface area contributed by atoms with Crippen LogP contribution in [0.2, 0.25) is 0 Å². The molecule has 1 atom stereocenters. The number of likely N-dealkylation sites (tertiary alicyclic amines) is 2. The van der Waals surface area contributed by atoms with E-state index in [1.165, 1.54) is 0 Å². The first-order chi connectivity index (χ1) is 13.8. The minimum Gasteiger partial charge on any atom is -0.337 e. The quantitative estimate of drug-likeness (QED) is 0.788. The van der Waals surface area contributed by atoms with Gasteiger partial charge in [0.25, 0.3) is 5.92 Å². The maximum atomic E-state index is 14.7. The molecule has 1 amide bonds. The van der Waals surface area contributed by atoms with Crippen LogP contribution >= 0.6 is 0 Å². The van der Waals surface area contributed by atoms with Crippen LogP contribution in [0.3, 0.4) is 0 Å². The lowest BCUT2D eigenvalue weighted by atomic mass is 9.71. The molecular formula is C21H27F2N5O. The second-order valence-electron chi connectivity index (χ2n) is 8.55. The van der Waals surface area contributed by atoms with Gasteiger partial charge in [0.15, 0.2) is 0 Å². The van der Waals surface area contributed by atoms with E-state index in [0.29, 0.717) is 32.6 Å². The van der Waals surface area contributed by atoms with Crippen LogP contribution in [-0.2, 0) is 24.9 Å². The van der Waals surface area contributed by atoms with Crippen molar-refractivity contribution in [2.75, 3.05) is 19.6 Å². The van der Waals surface area contributed by atoms with Crippen molar-refractivity contribution in [1.82, 2.24) is 24.3 Å². The molecule has 2 aliphatic heterocycles. The summed E-state index contributed by atoms with van der Waals surface area (Å²) in [7, 11) is 1.85. The van der Waals surface area contributed by atoms with Crippen LogP contribution in [-0.4, -0.2) is 55.8 Å². The molecule has 8 heteroatoms. The molecule has 0 N–H and O–H groups in total. The fraction of sp³-hybridized carbons (Fsp3) is 0.571. The number of aryl methyl sites for hydroxylation is 2. The first kappa shape index (κ1) is 19.9. The monoisotopic (exact) mass is 403 g/mol. The highest BCUT2D eigenvalue weighted by Gasteiger charge is 2.55. The van der Waals surface area contributed by atoms with Crippen molar-refractivity contribution in [2.45, 2.75) is 45.2 Å². The van der Waals surface area contributed by atoms with Crippen LogP contribution in [0.1, 0.15) is 36.3 Å². The molecule has 2 fully saturated rings. The predicted molar refractivity (Wildman–Crippen MR) is 104 cm³/mol. The third-order valence-corrected chi connectivity index (χ3v) is 6.00. The number of aromatic nitrogens is 3. The van der Waals surface area contributed by atoms with E-state index >= 15 is 0 Å². The van der Waals surface area contributed by atoms with Gasteiger partial charge in [0.1, 0.15) is 0 Å². The van der Waals surface area contributed by atoms with Crippen molar-refractivity contribution in [1.29, 1.82) is 0 Å². The first-order valence-corrected chi connectivity index (χ1v) is 10.0. The minimum absolute atomic E-state index is 0.165. The van der Waals surface area contributed by atoms with Crippen molar-refractivity contribution in [3.63, 3.8) is 0 Å². The number of rotatable bonds is 4. The molecule has 1 spiro atoms. The molecule has 29 heavy (non-hydrogen) atoms. The molecular weight excluding hydrogens is 376 g/mol. The number of hydrogen-bond acceptors (Lipinski definition) is 4. The lowest BCUT2D eigenvalue weighted by Gasteiger charge is -2.49. The SMILES string of the molecule is Cc1cccc(CN2CCC[C@]3(CN(Cc4cncn4C)CC(F)(F)C3)C2=O)n1. The number of amides is 1. The molecule has 0 aliphatic carbocycles. The summed E-state index contributed by atoms with van der Waals surface area (Å²) in [6.45, 7) is 3.25. The van der Waals surface area contributed by atoms with Gasteiger partial charge in [0, 0.05) is 45.0 Å². The number of hydrogen-bond donors (Lipinski definition) is 0. The van der Waals surface area contributed by atoms with E-state index in [1.54, 1.807) is 22.3 Å². The van der Waals surface area contributed by atoms with Gasteiger partial charge in [0.2, 0.25) is 5.91 Å². The third kappa shape index (κ3) is 4.17. The Morgan fingerprint density at radius 3 is 2.76 bits per heavy atom. The van der Waals surface area contributed by atoms with E-state index in [9.17, 15) is 13.6 Å². The number of alkyl halides is 2. The maximum absolute atomic E-state index is 14.7. The molecule has 2 saturated heterocycles. The standard InChI is InChI=1S/C21H27F2N5O/c1-16-5-3-6-17(25-16)10-28-8-4-7-20(19(28)29)12-21(22,23)14-27(13-20)11-18-9-24-15-26(18)2/h3,5-6,9,15H,4,7-8,10-14H2,1-2H3/t20-/m0/s1. The minimum atomic E-state index is -2.89. The fourth-order valence-electron chi connectivity index (χ4n) is 4.79. The van der Waals surface area contributed by atoms with Gasteiger partial charge < -0.3 is 9.47 Å². The van der Waals surface area contributed by atoms with Crippen molar-refractivity contribution in [3.05, 3.63) is 47.8 Å². The smallest absolute Gasteiger partial charge is 0.261 e. The number of carbonyl (C=O) groups is 1. The second kappa shape index (κ2) is 7.48. The molecule has 0 radical (unpaired) electrons. The lowest BCUT2D eigenvalue weighted by Crippen LogP contribution is -2.60. The van der Waals surface area contributed by atoms with Crippen LogP contribution in [0.5, 0.6) is 0 Å². The van der Waals surface area contributed by atoms with E-state index in [2.05, 4.69) is 9.97 Å². The summed E-state index contributed by atoms with van der Waals surface area (Å²) in [5, 5.41) is 0. The highest BCUT2D eigenvalue weighted by atomic mass is 19.3. The Labute approximate surface area is 169 Å². The van der Waals surface area contributed by atoms with Gasteiger partial charge in [0.05, 0.1) is 36.2 Å². The third-order valence-electron chi connectivity index (χ3n) is 6.00. The van der Waals surface area contributed by atoms with Crippen LogP contribution in [0.4, 0.5) is 8.78 Å². The molecule has 2 aliphatic rings. The molecule has 0 unspecified atom stereocenters. The van der Waals surface area contributed by atoms with E-state index < -0.39 is 11.3 Å². The summed E-state index contributed by atoms with van der Waals surface area (Å²) in [5.41, 5.74) is 1.50. The summed E-state index contributed by atoms with van der Waals surface area (Å²) >= 11 is 0. The van der Waals surface area contributed by atoms with Gasteiger partial charge in [-0.3, -0.25) is 14.7 Å². The molecule has 6 nitrogen and oxygen atoms in total. The Balaban J connectivity index is 1.55. The van der Waals surface area contributed by atoms with Crippen molar-refractivity contribution in [3.8, 4) is 0 Å². The maximum Gasteiger partial charge on any atom is 0.261 e. The van der Waals surface area contributed by atoms with Gasteiger partial charge in [-0.05, 0) is 31.9 Å². The van der Waals surface area contributed by atoms with Gasteiger partial charge in [-0.25, -0.2) is 13.8 Å². The van der Waals surface area contributed by atoms with E-state index in [-0.39, 0.29) is 18.9 Å². The number of halogens is 2. The number of piperidine rings is 2. The molecule has 0 aromatic carbocycles. The van der Waals surface area contributed by atoms with Crippen molar-refractivity contribution >= 4 is 5.91 Å². The highest BCUT2D eigenvalue weighted by molar-refractivity contribution is 5.84. The normalized spacial score (nSPS) is 25.0. The molecule has 156 valence electrons. The first-order valence-electron chi connectivity index (χ1n) is 10.0. The van der Waals surface area contributed by atoms with Crippen LogP contribution in [0.25, 0.3) is 0 Å². The molecule has 4 heterocycles. The topological polar surface area (TPSA) is 54.3 Å². The van der Waals surface area contributed by atoms with Crippen molar-refractivity contribution < 1.29 is 13.6 Å². The highest BCUT2D eigenvalue weighted by Crippen LogP contribution is 2.45. The van der Waals surface area contributed by atoms with E-state index in [1.807, 2.05) is 36.7 Å². The average Bonchev–Trinajstić information content (AvgIpc) is 3.02. The summed E-state index contributed by atoms with van der Waals surface area (Å²) < 4.78 is 31.3. The predicted octanol–water partition coefficient (Wildman–Crippen LogP) is 2.77. The molecule has 2 aromatic rings. The van der Waals surface area contributed by atoms with Crippen molar-refractivity contribution in [2.24, 2.45) is 12.5 Å². The second-order valence-corrected chi connectivity index (χ2v) is 8.55. The summed E-state index contributed by atoms with van der Waals surface area (Å²) in [4.78, 5) is 25.4. The Morgan fingerprint density at radius 2 is 2.03 bits per heavy atom. The van der Waals surface area contributed by atoms with Crippen LogP contribution in [0.15, 0.2) is 30.7 Å². The Kier molecular flexibility index (Phi) is 5.14. The van der Waals surface area contributed by atoms with Crippen LogP contribution in [0, 0.1) is 12.3 Å². The van der Waals surface area contributed by atoms with Gasteiger partial charge in [-0.1, -0.05) is 6.07 Å². The summed E-state index contributed by atoms with van der Waals surface area (Å²) in [5.74, 6) is -3.06. The Bertz CT molecular complexity index is 899. The molecule has 2 aromatic heterocycles. The lowest BCUT2D eigenvalue weighted by molar-refractivity contribution is -0.171. The zero-order valence-electron chi connectivity index (χ0n) is 16.9. The van der Waals surface area contributed by atoms with Gasteiger partial charge in [-0.15, -0.1) is 0 Å². The average molecular weight is 403 g/mol. The van der Waals surface area contributed by atoms with Gasteiger partial charge in [-0.2, -0.15) is 0 Å².